The van der Waals surface area contributed by atoms with Gasteiger partial charge in [-0.2, -0.15) is 0 Å². The molecule has 0 saturated carbocycles. The van der Waals surface area contributed by atoms with Gasteiger partial charge in [0, 0.05) is 26.8 Å². The molecule has 6 heteroatoms. The van der Waals surface area contributed by atoms with Gasteiger partial charge in [-0.05, 0) is 71.5 Å². The number of rotatable bonds is 4. The van der Waals surface area contributed by atoms with E-state index in [1.54, 1.807) is 18.2 Å². The Morgan fingerprint density at radius 2 is 1.92 bits per heavy atom. The highest BCUT2D eigenvalue weighted by atomic mass is 127. The molecule has 3 aromatic rings. The number of hydrogen-bond acceptors (Lipinski definition) is 4. The van der Waals surface area contributed by atoms with E-state index in [-0.39, 0.29) is 12.5 Å². The third kappa shape index (κ3) is 3.94. The lowest BCUT2D eigenvalue weighted by Gasteiger charge is -2.08. The first kappa shape index (κ1) is 16.5. The fraction of sp³-hybridized carbons (Fsp3) is 0.111. The zero-order valence-electron chi connectivity index (χ0n) is 12.8. The van der Waals surface area contributed by atoms with Gasteiger partial charge in [-0.15, -0.1) is 0 Å². The number of carbonyl (C=O) groups excluding carboxylic acids is 1. The van der Waals surface area contributed by atoms with E-state index in [1.807, 2.05) is 31.2 Å². The van der Waals surface area contributed by atoms with Crippen LogP contribution in [-0.2, 0) is 4.79 Å². The predicted octanol–water partition coefficient (Wildman–Crippen LogP) is 3.72. The summed E-state index contributed by atoms with van der Waals surface area (Å²) in [6.07, 6.45) is 0. The lowest BCUT2D eigenvalue weighted by molar-refractivity contribution is -0.118. The fourth-order valence-electron chi connectivity index (χ4n) is 2.27. The molecule has 2 aromatic carbocycles. The Morgan fingerprint density at radius 3 is 2.67 bits per heavy atom. The topological polar surface area (TPSA) is 68.5 Å². The number of anilines is 1. The van der Waals surface area contributed by atoms with E-state index in [0.717, 1.165) is 14.5 Å². The first-order chi connectivity index (χ1) is 11.5. The van der Waals surface area contributed by atoms with Crippen molar-refractivity contribution in [1.82, 2.24) is 0 Å². The molecule has 122 valence electrons. The molecule has 0 bridgehead atoms. The number of nitrogens with one attached hydrogen (secondary N) is 1. The summed E-state index contributed by atoms with van der Waals surface area (Å²) in [5, 5.41) is 3.59. The maximum atomic E-state index is 11.9. The van der Waals surface area contributed by atoms with Crippen LogP contribution in [0.1, 0.15) is 5.56 Å². The van der Waals surface area contributed by atoms with Gasteiger partial charge in [0.25, 0.3) is 5.91 Å². The number of halogens is 1. The molecule has 0 aliphatic heterocycles. The molecule has 0 aliphatic rings. The van der Waals surface area contributed by atoms with Gasteiger partial charge in [0.1, 0.15) is 11.3 Å². The molecular formula is C18H14INO4. The average Bonchev–Trinajstić information content (AvgIpc) is 2.54. The molecular weight excluding hydrogens is 421 g/mol. The number of benzene rings is 2. The number of hydrogen-bond donors (Lipinski definition) is 1. The van der Waals surface area contributed by atoms with Gasteiger partial charge in [0.05, 0.1) is 0 Å². The molecule has 3 rings (SSSR count). The van der Waals surface area contributed by atoms with E-state index in [0.29, 0.717) is 17.0 Å². The normalized spacial score (nSPS) is 10.6. The summed E-state index contributed by atoms with van der Waals surface area (Å²) in [5.74, 6) is 0.205. The summed E-state index contributed by atoms with van der Waals surface area (Å²) >= 11 is 2.20. The number of fused-ring (bicyclic) bond motifs is 1. The summed E-state index contributed by atoms with van der Waals surface area (Å²) in [7, 11) is 0. The van der Waals surface area contributed by atoms with Crippen molar-refractivity contribution in [1.29, 1.82) is 0 Å². The third-order valence-electron chi connectivity index (χ3n) is 3.42. The van der Waals surface area contributed by atoms with E-state index in [4.69, 9.17) is 9.15 Å². The Balaban J connectivity index is 1.67. The second-order valence-electron chi connectivity index (χ2n) is 5.25. The maximum absolute atomic E-state index is 11.9. The second-order valence-corrected chi connectivity index (χ2v) is 6.50. The summed E-state index contributed by atoms with van der Waals surface area (Å²) in [4.78, 5) is 23.4. The van der Waals surface area contributed by atoms with Gasteiger partial charge >= 0.3 is 5.63 Å². The van der Waals surface area contributed by atoms with Gasteiger partial charge in [-0.1, -0.05) is 0 Å². The number of aryl methyl sites for hydroxylation is 1. The van der Waals surface area contributed by atoms with E-state index < -0.39 is 5.63 Å². The summed E-state index contributed by atoms with van der Waals surface area (Å²) in [6.45, 7) is 1.71. The van der Waals surface area contributed by atoms with Crippen LogP contribution < -0.4 is 15.7 Å². The zero-order chi connectivity index (χ0) is 17.1. The molecule has 1 N–H and O–H groups in total. The van der Waals surface area contributed by atoms with Crippen LogP contribution in [0.2, 0.25) is 0 Å². The maximum Gasteiger partial charge on any atom is 0.336 e. The largest absolute Gasteiger partial charge is 0.484 e. The first-order valence-corrected chi connectivity index (χ1v) is 8.32. The predicted molar refractivity (Wildman–Crippen MR) is 101 cm³/mol. The Bertz CT molecular complexity index is 947. The monoisotopic (exact) mass is 435 g/mol. The molecule has 0 atom stereocenters. The minimum Gasteiger partial charge on any atom is -0.484 e. The Hall–Kier alpha value is -2.35. The molecule has 1 aromatic heterocycles. The number of carbonyl (C=O) groups is 1. The lowest BCUT2D eigenvalue weighted by Crippen LogP contribution is -2.20. The molecule has 5 nitrogen and oxygen atoms in total. The van der Waals surface area contributed by atoms with Crippen molar-refractivity contribution in [2.45, 2.75) is 6.92 Å². The first-order valence-electron chi connectivity index (χ1n) is 7.24. The van der Waals surface area contributed by atoms with Crippen molar-refractivity contribution in [2.24, 2.45) is 0 Å². The standard InChI is InChI=1S/C18H14INO4/c1-11-8-18(22)24-16-9-14(6-7-15(11)16)23-10-17(21)20-13-4-2-12(19)3-5-13/h2-9H,10H2,1H3,(H,20,21). The van der Waals surface area contributed by atoms with Crippen LogP contribution in [0, 0.1) is 10.5 Å². The quantitative estimate of drug-likeness (QED) is 0.501. The van der Waals surface area contributed by atoms with Gasteiger partial charge in [-0.3, -0.25) is 4.79 Å². The van der Waals surface area contributed by atoms with Gasteiger partial charge in [0.2, 0.25) is 0 Å². The van der Waals surface area contributed by atoms with Crippen LogP contribution in [-0.4, -0.2) is 12.5 Å². The van der Waals surface area contributed by atoms with Crippen molar-refractivity contribution in [3.8, 4) is 5.75 Å². The lowest BCUT2D eigenvalue weighted by atomic mass is 10.1. The van der Waals surface area contributed by atoms with Crippen LogP contribution in [0.3, 0.4) is 0 Å². The van der Waals surface area contributed by atoms with Crippen LogP contribution in [0.15, 0.2) is 57.7 Å². The minimum atomic E-state index is -0.409. The second kappa shape index (κ2) is 7.04. The molecule has 0 aliphatic carbocycles. The summed E-state index contributed by atoms with van der Waals surface area (Å²) in [6, 6.07) is 14.1. The highest BCUT2D eigenvalue weighted by Crippen LogP contribution is 2.22. The van der Waals surface area contributed by atoms with Crippen molar-refractivity contribution < 1.29 is 13.9 Å². The SMILES string of the molecule is Cc1cc(=O)oc2cc(OCC(=O)Nc3ccc(I)cc3)ccc12. The van der Waals surface area contributed by atoms with Gasteiger partial charge in [0.15, 0.2) is 6.61 Å². The highest BCUT2D eigenvalue weighted by Gasteiger charge is 2.07. The molecule has 0 unspecified atom stereocenters. The number of amides is 1. The molecule has 1 heterocycles. The molecule has 0 spiro atoms. The molecule has 0 radical (unpaired) electrons. The van der Waals surface area contributed by atoms with E-state index in [9.17, 15) is 9.59 Å². The smallest absolute Gasteiger partial charge is 0.336 e. The van der Waals surface area contributed by atoms with Crippen molar-refractivity contribution in [2.75, 3.05) is 11.9 Å². The van der Waals surface area contributed by atoms with Crippen LogP contribution in [0.25, 0.3) is 11.0 Å². The van der Waals surface area contributed by atoms with E-state index >= 15 is 0 Å². The Morgan fingerprint density at radius 1 is 1.17 bits per heavy atom. The van der Waals surface area contributed by atoms with Crippen LogP contribution in [0.5, 0.6) is 5.75 Å². The Labute approximate surface area is 151 Å². The molecule has 0 fully saturated rings. The number of ether oxygens (including phenoxy) is 1. The summed E-state index contributed by atoms with van der Waals surface area (Å²) in [5.41, 5.74) is 1.58. The molecule has 0 saturated heterocycles. The van der Waals surface area contributed by atoms with E-state index in [2.05, 4.69) is 27.9 Å². The Kier molecular flexibility index (Phi) is 4.84. The van der Waals surface area contributed by atoms with Gasteiger partial charge < -0.3 is 14.5 Å². The highest BCUT2D eigenvalue weighted by molar-refractivity contribution is 14.1. The third-order valence-corrected chi connectivity index (χ3v) is 4.14. The van der Waals surface area contributed by atoms with Gasteiger partial charge in [-0.25, -0.2) is 4.79 Å². The van der Waals surface area contributed by atoms with Crippen molar-refractivity contribution in [3.05, 3.63) is 68.1 Å². The minimum absolute atomic E-state index is 0.131. The molecule has 1 amide bonds. The fourth-order valence-corrected chi connectivity index (χ4v) is 2.63. The molecule has 24 heavy (non-hydrogen) atoms. The average molecular weight is 435 g/mol. The van der Waals surface area contributed by atoms with E-state index in [1.165, 1.54) is 6.07 Å². The van der Waals surface area contributed by atoms with Crippen molar-refractivity contribution in [3.63, 3.8) is 0 Å². The summed E-state index contributed by atoms with van der Waals surface area (Å²) < 4.78 is 11.7. The van der Waals surface area contributed by atoms with Crippen LogP contribution in [0.4, 0.5) is 5.69 Å². The van der Waals surface area contributed by atoms with Crippen LogP contribution >= 0.6 is 22.6 Å². The van der Waals surface area contributed by atoms with Crippen molar-refractivity contribution >= 4 is 45.2 Å². The zero-order valence-corrected chi connectivity index (χ0v) is 15.0.